The van der Waals surface area contributed by atoms with Gasteiger partial charge < -0.3 is 10.6 Å². The third-order valence-electron chi connectivity index (χ3n) is 5.22. The number of nitrogens with zero attached hydrogens (tertiary/aromatic N) is 4. The fraction of sp³-hybridized carbons (Fsp3) is 0.500. The number of hydrogen-bond acceptors (Lipinski definition) is 7. The quantitative estimate of drug-likeness (QED) is 0.750. The number of pyridine rings is 1. The number of aromatic nitrogens is 3. The van der Waals surface area contributed by atoms with Crippen molar-refractivity contribution >= 4 is 30.1 Å². The second-order valence-electron chi connectivity index (χ2n) is 7.65. The molecule has 0 amide bonds. The molecule has 3 atom stereocenters. The minimum atomic E-state index is -1.93. The predicted molar refractivity (Wildman–Crippen MR) is 109 cm³/mol. The molecule has 0 aromatic carbocycles. The molecule has 2 aromatic rings. The Labute approximate surface area is 177 Å². The molecule has 29 heavy (non-hydrogen) atoms. The molecule has 2 aromatic heterocycles. The molecule has 2 saturated heterocycles. The number of anilines is 1. The third-order valence-corrected chi connectivity index (χ3v) is 6.29. The van der Waals surface area contributed by atoms with Gasteiger partial charge in [-0.05, 0) is 26.0 Å². The fourth-order valence-electron chi connectivity index (χ4n) is 3.87. The van der Waals surface area contributed by atoms with Crippen molar-refractivity contribution in [1.29, 1.82) is 0 Å². The highest BCUT2D eigenvalue weighted by Gasteiger charge is 2.52. The molecule has 0 saturated carbocycles. The normalized spacial score (nSPS) is 26.8. The van der Waals surface area contributed by atoms with Gasteiger partial charge in [-0.25, -0.2) is 23.1 Å². The van der Waals surface area contributed by atoms with E-state index in [2.05, 4.69) is 20.3 Å². The molecule has 0 spiro atoms. The molecule has 158 valence electrons. The largest absolute Gasteiger partial charge is 0.338 e. The van der Waals surface area contributed by atoms with Gasteiger partial charge in [-0.15, -0.1) is 24.2 Å². The monoisotopic (exact) mass is 446 g/mol. The summed E-state index contributed by atoms with van der Waals surface area (Å²) in [4.78, 5) is 14.4. The standard InChI is InChI=1S/C18H21F3N6S.ClH/c1-17(2,21)14-12(20)6-24-16(25-14)27-7-10-8-28-15(22)26-18(10,9-27)13-4-3-11(19)5-23-13;/h3-6,10,15,26H,7-9,22H2,1-2H3;1H/t10-,15?,18-;/m0./s1. The Balaban J connectivity index is 0.00000240. The van der Waals surface area contributed by atoms with Crippen LogP contribution in [-0.2, 0) is 11.2 Å². The zero-order chi connectivity index (χ0) is 20.1. The van der Waals surface area contributed by atoms with Gasteiger partial charge in [0.1, 0.15) is 22.7 Å². The molecule has 0 bridgehead atoms. The maximum absolute atomic E-state index is 14.3. The van der Waals surface area contributed by atoms with Gasteiger partial charge in [-0.2, -0.15) is 0 Å². The summed E-state index contributed by atoms with van der Waals surface area (Å²) in [5.74, 6) is -0.104. The van der Waals surface area contributed by atoms with Crippen molar-refractivity contribution in [1.82, 2.24) is 20.3 Å². The van der Waals surface area contributed by atoms with Crippen LogP contribution in [0.25, 0.3) is 0 Å². The molecule has 2 aliphatic rings. The van der Waals surface area contributed by atoms with Gasteiger partial charge in [0.05, 0.1) is 23.6 Å². The lowest BCUT2D eigenvalue weighted by Crippen LogP contribution is -2.59. The molecule has 1 unspecified atom stereocenters. The molecule has 11 heteroatoms. The van der Waals surface area contributed by atoms with E-state index in [-0.39, 0.29) is 35.5 Å². The first kappa shape index (κ1) is 22.1. The van der Waals surface area contributed by atoms with Crippen LogP contribution in [0.2, 0.25) is 0 Å². The van der Waals surface area contributed by atoms with Crippen LogP contribution in [0.5, 0.6) is 0 Å². The summed E-state index contributed by atoms with van der Waals surface area (Å²) >= 11 is 1.58. The number of alkyl halides is 1. The van der Waals surface area contributed by atoms with Crippen LogP contribution in [0, 0.1) is 17.6 Å². The third kappa shape index (κ3) is 4.03. The van der Waals surface area contributed by atoms with E-state index in [1.54, 1.807) is 17.8 Å². The first-order chi connectivity index (χ1) is 13.2. The summed E-state index contributed by atoms with van der Waals surface area (Å²) in [6.45, 7) is 3.48. The highest BCUT2D eigenvalue weighted by Crippen LogP contribution is 2.43. The molecule has 4 heterocycles. The van der Waals surface area contributed by atoms with E-state index in [0.717, 1.165) is 11.9 Å². The van der Waals surface area contributed by atoms with Crippen molar-refractivity contribution in [2.24, 2.45) is 11.7 Å². The number of hydrogen-bond donors (Lipinski definition) is 2. The Morgan fingerprint density at radius 1 is 1.28 bits per heavy atom. The molecule has 6 nitrogen and oxygen atoms in total. The Hall–Kier alpha value is -1.62. The first-order valence-corrected chi connectivity index (χ1v) is 9.98. The average Bonchev–Trinajstić information content (AvgIpc) is 3.01. The maximum Gasteiger partial charge on any atom is 0.225 e. The molecule has 0 radical (unpaired) electrons. The molecular weight excluding hydrogens is 425 g/mol. The van der Waals surface area contributed by atoms with Crippen molar-refractivity contribution in [3.63, 3.8) is 0 Å². The first-order valence-electron chi connectivity index (χ1n) is 8.93. The van der Waals surface area contributed by atoms with Crippen molar-refractivity contribution < 1.29 is 13.2 Å². The maximum atomic E-state index is 14.3. The summed E-state index contributed by atoms with van der Waals surface area (Å²) in [7, 11) is 0. The number of halogens is 4. The Bertz CT molecular complexity index is 881. The zero-order valence-electron chi connectivity index (χ0n) is 15.9. The summed E-state index contributed by atoms with van der Waals surface area (Å²) in [6.07, 6.45) is 2.18. The van der Waals surface area contributed by atoms with E-state index in [1.807, 2.05) is 4.90 Å². The van der Waals surface area contributed by atoms with Crippen LogP contribution in [0.3, 0.4) is 0 Å². The molecule has 0 aliphatic carbocycles. The molecule has 2 aliphatic heterocycles. The Morgan fingerprint density at radius 2 is 2.03 bits per heavy atom. The average molecular weight is 447 g/mol. The Kier molecular flexibility index (Phi) is 6.01. The second-order valence-corrected chi connectivity index (χ2v) is 8.82. The van der Waals surface area contributed by atoms with Gasteiger partial charge in [0.25, 0.3) is 0 Å². The zero-order valence-corrected chi connectivity index (χ0v) is 17.5. The van der Waals surface area contributed by atoms with E-state index >= 15 is 0 Å². The SMILES string of the molecule is CC(C)(F)c1nc(N2C[C@H]3CSC(N)N[C@@]3(c3ccc(F)cn3)C2)ncc1F.Cl. The lowest BCUT2D eigenvalue weighted by atomic mass is 9.84. The van der Waals surface area contributed by atoms with Crippen molar-refractivity contribution in [3.8, 4) is 0 Å². The van der Waals surface area contributed by atoms with Crippen LogP contribution >= 0.6 is 24.2 Å². The van der Waals surface area contributed by atoms with E-state index < -0.39 is 22.8 Å². The smallest absolute Gasteiger partial charge is 0.225 e. The topological polar surface area (TPSA) is 80.0 Å². The summed E-state index contributed by atoms with van der Waals surface area (Å²) in [5.41, 5.74) is 3.66. The van der Waals surface area contributed by atoms with Crippen LogP contribution < -0.4 is 16.0 Å². The second kappa shape index (κ2) is 7.90. The minimum absolute atomic E-state index is 0. The van der Waals surface area contributed by atoms with E-state index in [0.29, 0.717) is 18.8 Å². The van der Waals surface area contributed by atoms with Crippen LogP contribution in [0.4, 0.5) is 19.1 Å². The van der Waals surface area contributed by atoms with Gasteiger partial charge in [0.2, 0.25) is 5.95 Å². The van der Waals surface area contributed by atoms with Gasteiger partial charge in [-0.3, -0.25) is 10.3 Å². The van der Waals surface area contributed by atoms with Gasteiger partial charge >= 0.3 is 0 Å². The highest BCUT2D eigenvalue weighted by atomic mass is 35.5. The van der Waals surface area contributed by atoms with Crippen molar-refractivity contribution in [3.05, 3.63) is 47.5 Å². The Morgan fingerprint density at radius 3 is 2.69 bits per heavy atom. The molecule has 3 N–H and O–H groups in total. The number of rotatable bonds is 3. The summed E-state index contributed by atoms with van der Waals surface area (Å²) < 4.78 is 41.8. The van der Waals surface area contributed by atoms with Gasteiger partial charge in [-0.1, -0.05) is 0 Å². The van der Waals surface area contributed by atoms with E-state index in [9.17, 15) is 13.2 Å². The van der Waals surface area contributed by atoms with E-state index in [4.69, 9.17) is 5.73 Å². The summed E-state index contributed by atoms with van der Waals surface area (Å²) in [5, 5.41) is 3.39. The molecular formula is C18H22ClF3N6S. The number of nitrogens with one attached hydrogen (secondary N) is 1. The molecule has 4 rings (SSSR count). The van der Waals surface area contributed by atoms with Crippen molar-refractivity contribution in [2.75, 3.05) is 23.7 Å². The number of nitrogens with two attached hydrogens (primary N) is 1. The number of thioether (sulfide) groups is 1. The van der Waals surface area contributed by atoms with E-state index in [1.165, 1.54) is 26.1 Å². The lowest BCUT2D eigenvalue weighted by Gasteiger charge is -2.41. The summed E-state index contributed by atoms with van der Waals surface area (Å²) in [6, 6.07) is 3.01. The fourth-order valence-corrected chi connectivity index (χ4v) is 5.00. The van der Waals surface area contributed by atoms with Gasteiger partial charge in [0, 0.05) is 24.8 Å². The van der Waals surface area contributed by atoms with Crippen LogP contribution in [-0.4, -0.2) is 39.3 Å². The highest BCUT2D eigenvalue weighted by molar-refractivity contribution is 7.99. The van der Waals surface area contributed by atoms with Crippen LogP contribution in [0.15, 0.2) is 24.5 Å². The minimum Gasteiger partial charge on any atom is -0.338 e. The lowest BCUT2D eigenvalue weighted by molar-refractivity contribution is 0.205. The number of fused-ring (bicyclic) bond motifs is 1. The van der Waals surface area contributed by atoms with Gasteiger partial charge in [0.15, 0.2) is 5.82 Å². The molecule has 2 fully saturated rings. The van der Waals surface area contributed by atoms with Crippen LogP contribution in [0.1, 0.15) is 25.2 Å². The predicted octanol–water partition coefficient (Wildman–Crippen LogP) is 2.69. The van der Waals surface area contributed by atoms with Crippen molar-refractivity contribution in [2.45, 2.75) is 30.6 Å².